The van der Waals surface area contributed by atoms with Crippen LogP contribution in [-0.2, 0) is 19.6 Å². The van der Waals surface area contributed by atoms with Gasteiger partial charge in [-0.3, -0.25) is 0 Å². The molecule has 0 bridgehead atoms. The second-order valence-corrected chi connectivity index (χ2v) is 7.41. The zero-order chi connectivity index (χ0) is 22.1. The van der Waals surface area contributed by atoms with Gasteiger partial charge in [-0.1, -0.05) is 48.0 Å². The number of hydrogen-bond acceptors (Lipinski definition) is 5. The Morgan fingerprint density at radius 2 is 1.44 bits per heavy atom. The highest BCUT2D eigenvalue weighted by Gasteiger charge is 2.12. The van der Waals surface area contributed by atoms with Gasteiger partial charge in [-0.25, -0.2) is 0 Å². The fourth-order valence-electron chi connectivity index (χ4n) is 3.25. The Hall–Kier alpha value is -2.60. The lowest BCUT2D eigenvalue weighted by molar-refractivity contribution is 0.284. The molecule has 5 nitrogen and oxygen atoms in total. The van der Waals surface area contributed by atoms with Crippen molar-refractivity contribution in [3.05, 3.63) is 82.4 Å². The summed E-state index contributed by atoms with van der Waals surface area (Å²) in [7, 11) is 4.90. The van der Waals surface area contributed by atoms with Crippen LogP contribution in [0, 0.1) is 0 Å². The first-order chi connectivity index (χ1) is 15.1. The normalized spacial score (nSPS) is 10.2. The van der Waals surface area contributed by atoms with E-state index in [0.29, 0.717) is 29.7 Å². The molecule has 32 heavy (non-hydrogen) atoms. The Morgan fingerprint density at radius 3 is 2.12 bits per heavy atom. The molecule has 3 aromatic carbocycles. The quantitative estimate of drug-likeness (QED) is 0.359. The largest absolute Gasteiger partial charge is 0.493 e. The maximum Gasteiger partial charge on any atom is 0.180 e. The van der Waals surface area contributed by atoms with Gasteiger partial charge in [-0.2, -0.15) is 0 Å². The molecule has 1 N–H and O–H groups in total. The molecule has 0 saturated heterocycles. The number of methoxy groups -OCH3 is 3. The van der Waals surface area contributed by atoms with Gasteiger partial charge >= 0.3 is 0 Å². The molecule has 3 rings (SSSR count). The van der Waals surface area contributed by atoms with Crippen LogP contribution in [0.5, 0.6) is 23.0 Å². The molecule has 0 atom stereocenters. The second kappa shape index (κ2) is 13.1. The summed E-state index contributed by atoms with van der Waals surface area (Å²) in [6.07, 6.45) is 0.865. The molecule has 0 unspecified atom stereocenters. The first kappa shape index (κ1) is 25.7. The summed E-state index contributed by atoms with van der Waals surface area (Å²) in [5.41, 5.74) is 3.27. The van der Waals surface area contributed by atoms with Gasteiger partial charge in [0.05, 0.1) is 26.4 Å². The van der Waals surface area contributed by atoms with Crippen molar-refractivity contribution in [2.75, 3.05) is 27.9 Å². The highest BCUT2D eigenvalue weighted by Crippen LogP contribution is 2.37. The van der Waals surface area contributed by atoms with E-state index in [1.54, 1.807) is 21.3 Å². The van der Waals surface area contributed by atoms with E-state index in [1.165, 1.54) is 5.56 Å². The van der Waals surface area contributed by atoms with Crippen molar-refractivity contribution in [3.63, 3.8) is 0 Å². The molecular weight excluding hydrogens is 449 g/mol. The van der Waals surface area contributed by atoms with Crippen LogP contribution >= 0.6 is 24.0 Å². The van der Waals surface area contributed by atoms with Gasteiger partial charge in [0, 0.05) is 6.54 Å². The minimum absolute atomic E-state index is 0. The molecule has 0 amide bonds. The standard InChI is InChI=1S/C25H28ClNO4.ClH/c1-28-22-10-9-18(14-23(22)29-2)11-12-27-16-20-13-21(26)25(24(15-20)30-3)31-17-19-7-5-4-6-8-19;/h4-10,13-15,27H,11-12,16-17H2,1-3H3;1H. The van der Waals surface area contributed by atoms with Crippen molar-refractivity contribution in [3.8, 4) is 23.0 Å². The Balaban J connectivity index is 0.00000363. The molecule has 0 aromatic heterocycles. The Kier molecular flexibility index (Phi) is 10.5. The molecule has 0 radical (unpaired) electrons. The van der Waals surface area contributed by atoms with Crippen molar-refractivity contribution in [2.24, 2.45) is 0 Å². The van der Waals surface area contributed by atoms with Gasteiger partial charge in [0.25, 0.3) is 0 Å². The van der Waals surface area contributed by atoms with E-state index in [-0.39, 0.29) is 12.4 Å². The minimum atomic E-state index is 0. The molecule has 7 heteroatoms. The van der Waals surface area contributed by atoms with Gasteiger partial charge in [-0.15, -0.1) is 12.4 Å². The van der Waals surface area contributed by atoms with E-state index >= 15 is 0 Å². The summed E-state index contributed by atoms with van der Waals surface area (Å²) >= 11 is 6.49. The van der Waals surface area contributed by atoms with Crippen LogP contribution in [0.15, 0.2) is 60.7 Å². The highest BCUT2D eigenvalue weighted by atomic mass is 35.5. The number of rotatable bonds is 11. The van der Waals surface area contributed by atoms with Gasteiger partial charge < -0.3 is 24.3 Å². The summed E-state index contributed by atoms with van der Waals surface area (Å²) < 4.78 is 22.1. The monoisotopic (exact) mass is 477 g/mol. The highest BCUT2D eigenvalue weighted by molar-refractivity contribution is 6.32. The third-order valence-corrected chi connectivity index (χ3v) is 5.16. The number of nitrogens with one attached hydrogen (secondary N) is 1. The molecule has 0 saturated carbocycles. The van der Waals surface area contributed by atoms with Crippen LogP contribution in [0.2, 0.25) is 5.02 Å². The molecule has 0 spiro atoms. The zero-order valence-electron chi connectivity index (χ0n) is 18.5. The fraction of sp³-hybridized carbons (Fsp3) is 0.280. The molecular formula is C25H29Cl2NO4. The van der Waals surface area contributed by atoms with Crippen molar-refractivity contribution < 1.29 is 18.9 Å². The Labute approximate surface area is 201 Å². The first-order valence-electron chi connectivity index (χ1n) is 10.1. The number of ether oxygens (including phenoxy) is 4. The van der Waals surface area contributed by atoms with E-state index in [1.807, 2.05) is 60.7 Å². The molecule has 0 heterocycles. The minimum Gasteiger partial charge on any atom is -0.493 e. The van der Waals surface area contributed by atoms with Crippen molar-refractivity contribution in [1.29, 1.82) is 0 Å². The van der Waals surface area contributed by atoms with Crippen LogP contribution in [0.3, 0.4) is 0 Å². The Bertz CT molecular complexity index is 983. The average Bonchev–Trinajstić information content (AvgIpc) is 2.81. The SMILES string of the molecule is COc1ccc(CCNCc2cc(Cl)c(OCc3ccccc3)c(OC)c2)cc1OC.Cl. The molecule has 0 aliphatic rings. The van der Waals surface area contributed by atoms with Crippen LogP contribution in [0.1, 0.15) is 16.7 Å². The maximum absolute atomic E-state index is 6.49. The van der Waals surface area contributed by atoms with Crippen molar-refractivity contribution >= 4 is 24.0 Å². The molecule has 172 valence electrons. The Morgan fingerprint density at radius 1 is 0.750 bits per heavy atom. The lowest BCUT2D eigenvalue weighted by Crippen LogP contribution is -2.17. The molecule has 0 aliphatic heterocycles. The summed E-state index contributed by atoms with van der Waals surface area (Å²) in [4.78, 5) is 0. The summed E-state index contributed by atoms with van der Waals surface area (Å²) in [6, 6.07) is 19.8. The lowest BCUT2D eigenvalue weighted by atomic mass is 10.1. The maximum atomic E-state index is 6.49. The van der Waals surface area contributed by atoms with Crippen LogP contribution in [-0.4, -0.2) is 27.9 Å². The lowest BCUT2D eigenvalue weighted by Gasteiger charge is -2.15. The summed E-state index contributed by atoms with van der Waals surface area (Å²) in [5, 5.41) is 3.98. The third kappa shape index (κ3) is 6.95. The second-order valence-electron chi connectivity index (χ2n) is 7.00. The van der Waals surface area contributed by atoms with E-state index in [9.17, 15) is 0 Å². The molecule has 0 fully saturated rings. The predicted octanol–water partition coefficient (Wildman–Crippen LogP) is 5.70. The predicted molar refractivity (Wildman–Crippen MR) is 131 cm³/mol. The van der Waals surface area contributed by atoms with Crippen molar-refractivity contribution in [2.45, 2.75) is 19.6 Å². The number of benzene rings is 3. The molecule has 0 aliphatic carbocycles. The topological polar surface area (TPSA) is 49.0 Å². The summed E-state index contributed by atoms with van der Waals surface area (Å²) in [6.45, 7) is 1.91. The first-order valence-corrected chi connectivity index (χ1v) is 10.5. The van der Waals surface area contributed by atoms with E-state index in [2.05, 4.69) is 5.32 Å². The van der Waals surface area contributed by atoms with Gasteiger partial charge in [-0.05, 0) is 53.9 Å². The average molecular weight is 478 g/mol. The van der Waals surface area contributed by atoms with Gasteiger partial charge in [0.15, 0.2) is 23.0 Å². The number of halogens is 2. The van der Waals surface area contributed by atoms with E-state index < -0.39 is 0 Å². The van der Waals surface area contributed by atoms with Crippen LogP contribution in [0.25, 0.3) is 0 Å². The molecule has 3 aromatic rings. The van der Waals surface area contributed by atoms with E-state index in [4.69, 9.17) is 30.5 Å². The van der Waals surface area contributed by atoms with Crippen LogP contribution in [0.4, 0.5) is 0 Å². The zero-order valence-corrected chi connectivity index (χ0v) is 20.1. The third-order valence-electron chi connectivity index (χ3n) is 4.88. The van der Waals surface area contributed by atoms with E-state index in [0.717, 1.165) is 35.6 Å². The van der Waals surface area contributed by atoms with Gasteiger partial charge in [0.2, 0.25) is 0 Å². The number of hydrogen-bond donors (Lipinski definition) is 1. The van der Waals surface area contributed by atoms with Crippen LogP contribution < -0.4 is 24.3 Å². The fourth-order valence-corrected chi connectivity index (χ4v) is 3.53. The smallest absolute Gasteiger partial charge is 0.180 e. The summed E-state index contributed by atoms with van der Waals surface area (Å²) in [5.74, 6) is 2.65. The van der Waals surface area contributed by atoms with Gasteiger partial charge in [0.1, 0.15) is 6.61 Å². The van der Waals surface area contributed by atoms with Crippen molar-refractivity contribution in [1.82, 2.24) is 5.32 Å².